The van der Waals surface area contributed by atoms with Crippen molar-refractivity contribution < 1.29 is 29.0 Å². The molecule has 0 aromatic heterocycles. The van der Waals surface area contributed by atoms with Crippen molar-refractivity contribution in [2.75, 3.05) is 24.7 Å². The number of nitrogens with zero attached hydrogens (tertiary/aromatic N) is 2. The van der Waals surface area contributed by atoms with Crippen LogP contribution in [-0.4, -0.2) is 65.3 Å². The maximum atomic E-state index is 14.6. The molecule has 9 heteroatoms. The monoisotopic (exact) mass is 538 g/mol. The Morgan fingerprint density at radius 2 is 1.97 bits per heavy atom. The molecule has 0 saturated carbocycles. The van der Waals surface area contributed by atoms with Crippen LogP contribution in [0, 0.1) is 11.8 Å². The van der Waals surface area contributed by atoms with Gasteiger partial charge in [-0.15, -0.1) is 6.58 Å². The van der Waals surface area contributed by atoms with Crippen molar-refractivity contribution >= 4 is 35.1 Å². The second-order valence-corrected chi connectivity index (χ2v) is 10.3. The summed E-state index contributed by atoms with van der Waals surface area (Å²) < 4.78 is 11.8. The minimum absolute atomic E-state index is 0.141. The molecule has 0 radical (unpaired) electrons. The van der Waals surface area contributed by atoms with E-state index in [1.165, 1.54) is 9.80 Å². The van der Waals surface area contributed by atoms with Gasteiger partial charge in [-0.25, -0.2) is 0 Å². The molecule has 5 rings (SSSR count). The van der Waals surface area contributed by atoms with Gasteiger partial charge in [-0.3, -0.25) is 14.4 Å². The first kappa shape index (κ1) is 26.4. The summed E-state index contributed by atoms with van der Waals surface area (Å²) in [6, 6.07) is 14.1. The Morgan fingerprint density at radius 1 is 1.26 bits per heavy atom. The molecule has 3 aliphatic rings. The lowest BCUT2D eigenvalue weighted by atomic mass is 9.70. The molecule has 0 unspecified atom stereocenters. The number of hydrogen-bond donors (Lipinski definition) is 1. The van der Waals surface area contributed by atoms with E-state index < -0.39 is 60.0 Å². The summed E-state index contributed by atoms with van der Waals surface area (Å²) in [5.74, 6) is -3.03. The summed E-state index contributed by atoms with van der Waals surface area (Å²) in [7, 11) is 0. The molecule has 200 valence electrons. The summed E-state index contributed by atoms with van der Waals surface area (Å²) in [4.78, 5) is 44.8. The highest BCUT2D eigenvalue weighted by atomic mass is 35.5. The summed E-state index contributed by atoms with van der Waals surface area (Å²) >= 11 is 6.50. The van der Waals surface area contributed by atoms with Gasteiger partial charge in [0.05, 0.1) is 47.9 Å². The lowest BCUT2D eigenvalue weighted by molar-refractivity contribution is -0.155. The summed E-state index contributed by atoms with van der Waals surface area (Å²) in [6.07, 6.45) is 2.02. The minimum atomic E-state index is -1.24. The fraction of sp³-hybridized carbons (Fsp3) is 0.414. The number of aliphatic hydroxyl groups is 1. The van der Waals surface area contributed by atoms with Crippen LogP contribution in [0.15, 0.2) is 67.3 Å². The molecule has 6 atom stereocenters. The number of rotatable bonds is 9. The zero-order valence-corrected chi connectivity index (χ0v) is 21.9. The average molecular weight is 539 g/mol. The van der Waals surface area contributed by atoms with Crippen molar-refractivity contribution in [3.63, 3.8) is 0 Å². The smallest absolute Gasteiger partial charge is 0.312 e. The molecule has 1 N–H and O–H groups in total. The first-order valence-electron chi connectivity index (χ1n) is 12.9. The number of carbonyl (C=O) groups excluding carboxylic acids is 3. The molecular formula is C29H31ClN2O6. The number of hydrogen-bond acceptors (Lipinski definition) is 6. The molecule has 38 heavy (non-hydrogen) atoms. The molecule has 3 aliphatic heterocycles. The predicted octanol–water partition coefficient (Wildman–Crippen LogP) is 3.53. The zero-order valence-electron chi connectivity index (χ0n) is 21.2. The largest absolute Gasteiger partial charge is 0.466 e. The fourth-order valence-electron chi connectivity index (χ4n) is 6.50. The Hall–Kier alpha value is -3.20. The van der Waals surface area contributed by atoms with Gasteiger partial charge in [0.2, 0.25) is 5.91 Å². The lowest BCUT2D eigenvalue weighted by Gasteiger charge is -2.39. The van der Waals surface area contributed by atoms with Crippen molar-refractivity contribution in [1.82, 2.24) is 4.90 Å². The van der Waals surface area contributed by atoms with Gasteiger partial charge in [-0.2, -0.15) is 0 Å². The number of likely N-dealkylation sites (tertiary alicyclic amines) is 1. The molecule has 0 aliphatic carbocycles. The van der Waals surface area contributed by atoms with E-state index in [0.717, 1.165) is 0 Å². The maximum Gasteiger partial charge on any atom is 0.312 e. The number of esters is 1. The number of halogens is 1. The average Bonchev–Trinajstić information content (AvgIpc) is 3.56. The van der Waals surface area contributed by atoms with E-state index in [0.29, 0.717) is 29.1 Å². The second kappa shape index (κ2) is 10.5. The highest BCUT2D eigenvalue weighted by Gasteiger charge is 2.75. The van der Waals surface area contributed by atoms with Gasteiger partial charge in [0.1, 0.15) is 11.6 Å². The highest BCUT2D eigenvalue weighted by molar-refractivity contribution is 6.34. The van der Waals surface area contributed by atoms with Gasteiger partial charge in [0.15, 0.2) is 0 Å². The molecular weight excluding hydrogens is 508 g/mol. The minimum Gasteiger partial charge on any atom is -0.466 e. The number of carbonyl (C=O) groups is 3. The predicted molar refractivity (Wildman–Crippen MR) is 141 cm³/mol. The zero-order chi connectivity index (χ0) is 27.0. The van der Waals surface area contributed by atoms with E-state index >= 15 is 0 Å². The third-order valence-corrected chi connectivity index (χ3v) is 8.26. The van der Waals surface area contributed by atoms with Gasteiger partial charge in [-0.1, -0.05) is 60.1 Å². The molecule has 2 aromatic rings. The third-order valence-electron chi connectivity index (χ3n) is 7.94. The van der Waals surface area contributed by atoms with Crippen LogP contribution < -0.4 is 4.90 Å². The van der Waals surface area contributed by atoms with Crippen molar-refractivity contribution in [2.24, 2.45) is 11.8 Å². The van der Waals surface area contributed by atoms with E-state index in [-0.39, 0.29) is 13.2 Å². The van der Waals surface area contributed by atoms with Crippen molar-refractivity contribution in [2.45, 2.75) is 43.6 Å². The lowest BCUT2D eigenvalue weighted by Crippen LogP contribution is -2.57. The van der Waals surface area contributed by atoms with Gasteiger partial charge < -0.3 is 24.4 Å². The van der Waals surface area contributed by atoms with Crippen LogP contribution in [0.2, 0.25) is 5.02 Å². The molecule has 1 spiro atoms. The van der Waals surface area contributed by atoms with E-state index in [2.05, 4.69) is 6.58 Å². The number of para-hydroxylation sites is 1. The molecule has 8 nitrogen and oxygen atoms in total. The van der Waals surface area contributed by atoms with Crippen LogP contribution in [0.25, 0.3) is 0 Å². The van der Waals surface area contributed by atoms with E-state index in [9.17, 15) is 19.5 Å². The molecule has 2 bridgehead atoms. The Morgan fingerprint density at radius 3 is 2.63 bits per heavy atom. The molecule has 2 amide bonds. The normalized spacial score (nSPS) is 28.2. The van der Waals surface area contributed by atoms with Gasteiger partial charge in [0.25, 0.3) is 5.91 Å². The number of anilines is 1. The Balaban J connectivity index is 1.65. The van der Waals surface area contributed by atoms with Crippen molar-refractivity contribution in [3.05, 3.63) is 77.8 Å². The quantitative estimate of drug-likeness (QED) is 0.387. The SMILES string of the molecule is C=CCN(C(=O)[C@H]1N([C@H](CO)c2ccccc2)C(=O)[C@@H]2[C@@H](C(=O)OCC)[C@H]3CC[C@]21O3)c1ccccc1Cl. The topological polar surface area (TPSA) is 96.4 Å². The maximum absolute atomic E-state index is 14.6. The third kappa shape index (κ3) is 4.02. The van der Waals surface area contributed by atoms with Crippen LogP contribution in [0.3, 0.4) is 0 Å². The number of fused-ring (bicyclic) bond motifs is 1. The van der Waals surface area contributed by atoms with Gasteiger partial charge in [-0.05, 0) is 37.5 Å². The molecule has 3 saturated heterocycles. The summed E-state index contributed by atoms with van der Waals surface area (Å²) in [5, 5.41) is 10.9. The van der Waals surface area contributed by atoms with Gasteiger partial charge >= 0.3 is 5.97 Å². The number of benzene rings is 2. The van der Waals surface area contributed by atoms with Crippen LogP contribution in [-0.2, 0) is 23.9 Å². The van der Waals surface area contributed by atoms with Crippen LogP contribution in [0.1, 0.15) is 31.4 Å². The summed E-state index contributed by atoms with van der Waals surface area (Å²) in [5.41, 5.74) is -0.0899. The van der Waals surface area contributed by atoms with Crippen LogP contribution in [0.4, 0.5) is 5.69 Å². The van der Waals surface area contributed by atoms with Gasteiger partial charge in [0, 0.05) is 6.54 Å². The molecule has 3 heterocycles. The first-order chi connectivity index (χ1) is 18.4. The standard InChI is InChI=1S/C29H31ClN2O6/c1-3-16-31(20-13-9-8-12-19(20)30)27(35)25-29-15-14-22(38-29)23(28(36)37-4-2)24(29)26(34)32(25)21(17-33)18-10-6-5-7-11-18/h3,5-13,21-25,33H,1,4,14-17H2,2H3/t21-,22-,23+,24+,25-,29+/m1/s1. The number of amides is 2. The first-order valence-corrected chi connectivity index (χ1v) is 13.3. The Labute approximate surface area is 226 Å². The highest BCUT2D eigenvalue weighted by Crippen LogP contribution is 2.60. The van der Waals surface area contributed by atoms with Crippen molar-refractivity contribution in [3.8, 4) is 0 Å². The second-order valence-electron chi connectivity index (χ2n) is 9.85. The van der Waals surface area contributed by atoms with Crippen LogP contribution in [0.5, 0.6) is 0 Å². The number of ether oxygens (including phenoxy) is 2. The van der Waals surface area contributed by atoms with E-state index in [4.69, 9.17) is 21.1 Å². The Bertz CT molecular complexity index is 1240. The van der Waals surface area contributed by atoms with Crippen molar-refractivity contribution in [1.29, 1.82) is 0 Å². The fourth-order valence-corrected chi connectivity index (χ4v) is 6.73. The number of aliphatic hydroxyl groups excluding tert-OH is 1. The molecule has 3 fully saturated rings. The van der Waals surface area contributed by atoms with E-state index in [1.54, 1.807) is 49.4 Å². The van der Waals surface area contributed by atoms with E-state index in [1.807, 2.05) is 18.2 Å². The molecule has 2 aromatic carbocycles. The van der Waals surface area contributed by atoms with Crippen LogP contribution >= 0.6 is 11.6 Å². The Kier molecular flexibility index (Phi) is 7.31. The summed E-state index contributed by atoms with van der Waals surface area (Å²) in [6.45, 7) is 5.43.